The number of hydrogen-bond acceptors (Lipinski definition) is 6. The zero-order chi connectivity index (χ0) is 29.5. The molecule has 4 atom stereocenters. The van der Waals surface area contributed by atoms with Gasteiger partial charge in [0.05, 0.1) is 0 Å². The maximum absolute atomic E-state index is 13.1. The number of esters is 2. The van der Waals surface area contributed by atoms with Crippen molar-refractivity contribution in [2.75, 3.05) is 19.6 Å². The van der Waals surface area contributed by atoms with Crippen LogP contribution in [0.15, 0.2) is 54.6 Å². The fraction of sp³-hybridized carbons (Fsp3) is 0.571. The number of carbonyl (C=O) groups is 3. The summed E-state index contributed by atoms with van der Waals surface area (Å²) in [5, 5.41) is 3.33. The number of ether oxygens (including phenoxy) is 2. The molecule has 5 rings (SSSR count). The van der Waals surface area contributed by atoms with E-state index in [1.165, 1.54) is 32.3 Å². The standard InChI is InChI=1S/C35H46N2O5/c1-25(38)41-31-14-9-13-29(20-31)35-18-19-37(23-28-16-17-28)24-32(35)33(42-26(2)39)21-30(22-35)36-34(40)15-8-4-7-12-27-10-5-3-6-11-27/h3,5-6,9-11,13-14,20,28,30,32-33H,4,7-8,12,15-19,21-24H2,1-2H3,(H,36,40)/t30-,32-,33?,35-/m0/s1. The Bertz CT molecular complexity index is 1230. The highest BCUT2D eigenvalue weighted by Crippen LogP contribution is 2.51. The first-order valence-electron chi connectivity index (χ1n) is 15.8. The molecule has 0 radical (unpaired) electrons. The van der Waals surface area contributed by atoms with E-state index in [0.29, 0.717) is 18.6 Å². The lowest BCUT2D eigenvalue weighted by Crippen LogP contribution is -2.61. The van der Waals surface area contributed by atoms with Crippen LogP contribution in [0.4, 0.5) is 0 Å². The van der Waals surface area contributed by atoms with Gasteiger partial charge in [-0.2, -0.15) is 0 Å². The van der Waals surface area contributed by atoms with Gasteiger partial charge < -0.3 is 19.7 Å². The first kappa shape index (κ1) is 30.3. The number of nitrogens with one attached hydrogen (secondary N) is 1. The number of likely N-dealkylation sites (tertiary alicyclic amines) is 1. The van der Waals surface area contributed by atoms with Gasteiger partial charge in [0.25, 0.3) is 0 Å². The second-order valence-electron chi connectivity index (χ2n) is 12.7. The molecule has 226 valence electrons. The van der Waals surface area contributed by atoms with Gasteiger partial charge in [-0.05, 0) is 80.7 Å². The Balaban J connectivity index is 1.30. The molecule has 1 unspecified atom stereocenters. The molecule has 1 N–H and O–H groups in total. The first-order valence-corrected chi connectivity index (χ1v) is 15.8. The Morgan fingerprint density at radius 3 is 2.52 bits per heavy atom. The fourth-order valence-electron chi connectivity index (χ4n) is 7.31. The lowest BCUT2D eigenvalue weighted by Gasteiger charge is -2.55. The van der Waals surface area contributed by atoms with Crippen LogP contribution in [0.25, 0.3) is 0 Å². The molecule has 3 aliphatic rings. The number of hydrogen-bond donors (Lipinski definition) is 1. The van der Waals surface area contributed by atoms with Gasteiger partial charge in [0.15, 0.2) is 0 Å². The number of fused-ring (bicyclic) bond motifs is 1. The maximum atomic E-state index is 13.1. The molecule has 1 amide bonds. The molecule has 2 saturated carbocycles. The minimum absolute atomic E-state index is 0.0646. The number of piperidine rings is 1. The van der Waals surface area contributed by atoms with Gasteiger partial charge in [-0.15, -0.1) is 0 Å². The Labute approximate surface area is 250 Å². The predicted octanol–water partition coefficient (Wildman–Crippen LogP) is 5.60. The van der Waals surface area contributed by atoms with Crippen molar-refractivity contribution >= 4 is 17.8 Å². The van der Waals surface area contributed by atoms with Crippen LogP contribution in [-0.2, 0) is 31.0 Å². The topological polar surface area (TPSA) is 84.9 Å². The minimum Gasteiger partial charge on any atom is -0.462 e. The molecule has 3 fully saturated rings. The number of aryl methyl sites for hydroxylation is 1. The summed E-state index contributed by atoms with van der Waals surface area (Å²) >= 11 is 0. The van der Waals surface area contributed by atoms with E-state index in [2.05, 4.69) is 40.5 Å². The van der Waals surface area contributed by atoms with Crippen LogP contribution in [0, 0.1) is 11.8 Å². The van der Waals surface area contributed by atoms with E-state index >= 15 is 0 Å². The average Bonchev–Trinajstić information content (AvgIpc) is 3.77. The molecule has 0 spiro atoms. The van der Waals surface area contributed by atoms with Crippen LogP contribution < -0.4 is 10.1 Å². The molecule has 7 heteroatoms. The third-order valence-electron chi connectivity index (χ3n) is 9.39. The summed E-state index contributed by atoms with van der Waals surface area (Å²) in [5.41, 5.74) is 2.12. The van der Waals surface area contributed by atoms with Gasteiger partial charge >= 0.3 is 11.9 Å². The Morgan fingerprint density at radius 1 is 0.976 bits per heavy atom. The SMILES string of the molecule is CC(=O)Oc1cccc([C@@]23CCN(CC4CC4)C[C@H]2C(OC(C)=O)C[C@H](NC(=O)CCCCCc2ccccc2)C3)c1. The average molecular weight is 575 g/mol. The molecule has 7 nitrogen and oxygen atoms in total. The van der Waals surface area contributed by atoms with Crippen molar-refractivity contribution in [1.29, 1.82) is 0 Å². The van der Waals surface area contributed by atoms with Crippen molar-refractivity contribution < 1.29 is 23.9 Å². The Kier molecular flexibility index (Phi) is 9.99. The summed E-state index contributed by atoms with van der Waals surface area (Å²) in [6, 6.07) is 18.2. The van der Waals surface area contributed by atoms with Gasteiger partial charge in [0, 0.05) is 57.2 Å². The molecule has 42 heavy (non-hydrogen) atoms. The van der Waals surface area contributed by atoms with Gasteiger partial charge in [-0.1, -0.05) is 48.9 Å². The summed E-state index contributed by atoms with van der Waals surface area (Å²) in [6.07, 6.45) is 9.04. The molecular weight excluding hydrogens is 528 g/mol. The molecule has 1 aliphatic heterocycles. The second-order valence-corrected chi connectivity index (χ2v) is 12.7. The van der Waals surface area contributed by atoms with Crippen molar-refractivity contribution in [3.05, 3.63) is 65.7 Å². The van der Waals surface area contributed by atoms with E-state index < -0.39 is 0 Å². The quantitative estimate of drug-likeness (QED) is 0.202. The highest BCUT2D eigenvalue weighted by molar-refractivity contribution is 5.76. The van der Waals surface area contributed by atoms with E-state index in [9.17, 15) is 14.4 Å². The third-order valence-corrected chi connectivity index (χ3v) is 9.39. The van der Waals surface area contributed by atoms with Crippen LogP contribution >= 0.6 is 0 Å². The maximum Gasteiger partial charge on any atom is 0.308 e. The predicted molar refractivity (Wildman–Crippen MR) is 162 cm³/mol. The van der Waals surface area contributed by atoms with Crippen molar-refractivity contribution in [1.82, 2.24) is 10.2 Å². The lowest BCUT2D eigenvalue weighted by atomic mass is 9.57. The van der Waals surface area contributed by atoms with E-state index in [1.807, 2.05) is 24.3 Å². The minimum atomic E-state index is -0.351. The fourth-order valence-corrected chi connectivity index (χ4v) is 7.31. The molecule has 2 aromatic carbocycles. The summed E-state index contributed by atoms with van der Waals surface area (Å²) in [6.45, 7) is 5.80. The van der Waals surface area contributed by atoms with Crippen LogP contribution in [0.2, 0.25) is 0 Å². The first-order chi connectivity index (χ1) is 20.3. The van der Waals surface area contributed by atoms with Crippen molar-refractivity contribution in [3.63, 3.8) is 0 Å². The van der Waals surface area contributed by atoms with E-state index in [1.54, 1.807) is 0 Å². The summed E-state index contributed by atoms with van der Waals surface area (Å²) < 4.78 is 11.5. The van der Waals surface area contributed by atoms with E-state index in [0.717, 1.165) is 69.6 Å². The molecular formula is C35H46N2O5. The van der Waals surface area contributed by atoms with Gasteiger partial charge in [0.1, 0.15) is 11.9 Å². The molecule has 0 aromatic heterocycles. The van der Waals surface area contributed by atoms with E-state index in [-0.39, 0.29) is 41.3 Å². The Morgan fingerprint density at radius 2 is 1.79 bits per heavy atom. The van der Waals surface area contributed by atoms with Crippen LogP contribution in [-0.4, -0.2) is 54.5 Å². The zero-order valence-electron chi connectivity index (χ0n) is 25.2. The molecule has 2 aromatic rings. The monoisotopic (exact) mass is 574 g/mol. The number of amides is 1. The Hall–Kier alpha value is -3.19. The normalized spacial score (nSPS) is 25.7. The number of unbranched alkanes of at least 4 members (excludes halogenated alkanes) is 2. The van der Waals surface area contributed by atoms with Crippen LogP contribution in [0.3, 0.4) is 0 Å². The zero-order valence-corrected chi connectivity index (χ0v) is 25.2. The van der Waals surface area contributed by atoms with Crippen molar-refractivity contribution in [2.24, 2.45) is 11.8 Å². The van der Waals surface area contributed by atoms with Crippen molar-refractivity contribution in [3.8, 4) is 5.75 Å². The largest absolute Gasteiger partial charge is 0.462 e. The van der Waals surface area contributed by atoms with Gasteiger partial charge in [-0.3, -0.25) is 14.4 Å². The molecule has 1 saturated heterocycles. The third kappa shape index (κ3) is 8.00. The summed E-state index contributed by atoms with van der Waals surface area (Å²) in [5.74, 6) is 0.824. The van der Waals surface area contributed by atoms with Crippen molar-refractivity contribution in [2.45, 2.75) is 95.6 Å². The summed E-state index contributed by atoms with van der Waals surface area (Å²) in [4.78, 5) is 39.8. The highest BCUT2D eigenvalue weighted by atomic mass is 16.5. The molecule has 2 aliphatic carbocycles. The summed E-state index contributed by atoms with van der Waals surface area (Å²) in [7, 11) is 0. The van der Waals surface area contributed by atoms with Crippen LogP contribution in [0.5, 0.6) is 5.75 Å². The van der Waals surface area contributed by atoms with E-state index in [4.69, 9.17) is 9.47 Å². The highest BCUT2D eigenvalue weighted by Gasteiger charge is 2.54. The smallest absolute Gasteiger partial charge is 0.308 e. The van der Waals surface area contributed by atoms with Crippen LogP contribution in [0.1, 0.15) is 82.8 Å². The molecule has 1 heterocycles. The number of benzene rings is 2. The number of nitrogens with zero attached hydrogens (tertiary/aromatic N) is 1. The van der Waals surface area contributed by atoms with Gasteiger partial charge in [-0.25, -0.2) is 0 Å². The lowest BCUT2D eigenvalue weighted by molar-refractivity contribution is -0.157. The number of carbonyl (C=O) groups excluding carboxylic acids is 3. The number of rotatable bonds is 12. The molecule has 0 bridgehead atoms. The van der Waals surface area contributed by atoms with Gasteiger partial charge in [0.2, 0.25) is 5.91 Å². The second kappa shape index (κ2) is 13.9.